The summed E-state index contributed by atoms with van der Waals surface area (Å²) in [5, 5.41) is 0. The topological polar surface area (TPSA) is 44.5 Å². The number of nitrogens with two attached hydrogens (primary N) is 1. The fourth-order valence-electron chi connectivity index (χ4n) is 4.06. The molecule has 2 atom stereocenters. The molecular formula is C17H23NO2. The standard InChI is InChI=1S/C17H23NO2/c1-9-7-12-11(3)15-13(8-10(2)19-15)14(16(12)20-9)17(18)5-4-6-17/h9-10H,4-8,18H2,1-3H3. The van der Waals surface area contributed by atoms with Gasteiger partial charge in [0.05, 0.1) is 0 Å². The molecule has 20 heavy (non-hydrogen) atoms. The van der Waals surface area contributed by atoms with Crippen LogP contribution in [0.2, 0.25) is 0 Å². The van der Waals surface area contributed by atoms with E-state index in [2.05, 4.69) is 20.8 Å². The van der Waals surface area contributed by atoms with Crippen molar-refractivity contribution in [1.29, 1.82) is 0 Å². The molecule has 0 spiro atoms. The second-order valence-corrected chi connectivity index (χ2v) is 6.89. The Balaban J connectivity index is 1.98. The van der Waals surface area contributed by atoms with Crippen LogP contribution in [-0.4, -0.2) is 12.2 Å². The van der Waals surface area contributed by atoms with Crippen LogP contribution in [0.1, 0.15) is 55.4 Å². The molecule has 4 rings (SSSR count). The lowest BCUT2D eigenvalue weighted by atomic mass is 9.69. The molecule has 108 valence electrons. The largest absolute Gasteiger partial charge is 0.490 e. The van der Waals surface area contributed by atoms with Crippen molar-refractivity contribution in [2.45, 2.75) is 70.6 Å². The minimum Gasteiger partial charge on any atom is -0.490 e. The average Bonchev–Trinajstić information content (AvgIpc) is 2.90. The minimum absolute atomic E-state index is 0.181. The third kappa shape index (κ3) is 1.50. The molecule has 2 heterocycles. The van der Waals surface area contributed by atoms with Crippen molar-refractivity contribution >= 4 is 0 Å². The van der Waals surface area contributed by atoms with E-state index >= 15 is 0 Å². The SMILES string of the molecule is Cc1c2c(c(C3(N)CCC3)c3c1OC(C)C3)OC(C)C2. The molecule has 0 aromatic heterocycles. The lowest BCUT2D eigenvalue weighted by Crippen LogP contribution is -2.44. The first-order valence-electron chi connectivity index (χ1n) is 7.80. The monoisotopic (exact) mass is 273 g/mol. The summed E-state index contributed by atoms with van der Waals surface area (Å²) in [6.45, 7) is 6.45. The summed E-state index contributed by atoms with van der Waals surface area (Å²) in [4.78, 5) is 0. The van der Waals surface area contributed by atoms with Gasteiger partial charge in [0.25, 0.3) is 0 Å². The van der Waals surface area contributed by atoms with Gasteiger partial charge in [-0.15, -0.1) is 0 Å². The first-order chi connectivity index (χ1) is 9.49. The summed E-state index contributed by atoms with van der Waals surface area (Å²) in [6.07, 6.45) is 5.82. The highest BCUT2D eigenvalue weighted by molar-refractivity contribution is 5.64. The molecule has 0 radical (unpaired) electrons. The molecule has 1 aliphatic carbocycles. The smallest absolute Gasteiger partial charge is 0.128 e. The van der Waals surface area contributed by atoms with E-state index < -0.39 is 0 Å². The summed E-state index contributed by atoms with van der Waals surface area (Å²) >= 11 is 0. The molecule has 3 nitrogen and oxygen atoms in total. The van der Waals surface area contributed by atoms with Crippen LogP contribution in [0.5, 0.6) is 11.5 Å². The quantitative estimate of drug-likeness (QED) is 0.855. The molecule has 0 bridgehead atoms. The van der Waals surface area contributed by atoms with Gasteiger partial charge in [-0.1, -0.05) is 0 Å². The zero-order valence-corrected chi connectivity index (χ0v) is 12.6. The zero-order valence-electron chi connectivity index (χ0n) is 12.6. The second kappa shape index (κ2) is 3.91. The lowest BCUT2D eigenvalue weighted by Gasteiger charge is -2.40. The van der Waals surface area contributed by atoms with Crippen molar-refractivity contribution in [2.75, 3.05) is 0 Å². The van der Waals surface area contributed by atoms with Crippen LogP contribution in [0.3, 0.4) is 0 Å². The Bertz CT molecular complexity index is 550. The Morgan fingerprint density at radius 2 is 1.60 bits per heavy atom. The van der Waals surface area contributed by atoms with Crippen molar-refractivity contribution in [2.24, 2.45) is 5.73 Å². The fourth-order valence-corrected chi connectivity index (χ4v) is 4.06. The molecule has 0 saturated heterocycles. The van der Waals surface area contributed by atoms with Crippen LogP contribution in [0, 0.1) is 6.92 Å². The zero-order chi connectivity index (χ0) is 14.1. The predicted octanol–water partition coefficient (Wildman–Crippen LogP) is 2.98. The second-order valence-electron chi connectivity index (χ2n) is 6.89. The number of hydrogen-bond acceptors (Lipinski definition) is 3. The van der Waals surface area contributed by atoms with Crippen molar-refractivity contribution < 1.29 is 9.47 Å². The van der Waals surface area contributed by atoms with Gasteiger partial charge in [0, 0.05) is 35.1 Å². The predicted molar refractivity (Wildman–Crippen MR) is 78.5 cm³/mol. The van der Waals surface area contributed by atoms with Crippen molar-refractivity contribution in [3.8, 4) is 11.5 Å². The Hall–Kier alpha value is -1.22. The summed E-state index contributed by atoms with van der Waals surface area (Å²) in [5.41, 5.74) is 11.7. The Morgan fingerprint density at radius 3 is 2.20 bits per heavy atom. The molecule has 1 saturated carbocycles. The number of ether oxygens (including phenoxy) is 2. The Kier molecular flexibility index (Phi) is 2.45. The van der Waals surface area contributed by atoms with Gasteiger partial charge in [-0.3, -0.25) is 0 Å². The number of hydrogen-bond donors (Lipinski definition) is 1. The third-order valence-corrected chi connectivity index (χ3v) is 5.24. The molecule has 2 aliphatic heterocycles. The maximum atomic E-state index is 6.68. The van der Waals surface area contributed by atoms with Crippen LogP contribution in [0.4, 0.5) is 0 Å². The molecule has 2 N–H and O–H groups in total. The molecule has 0 amide bonds. The van der Waals surface area contributed by atoms with Crippen molar-refractivity contribution in [3.63, 3.8) is 0 Å². The van der Waals surface area contributed by atoms with E-state index in [0.717, 1.165) is 37.2 Å². The highest BCUT2D eigenvalue weighted by Crippen LogP contribution is 2.53. The van der Waals surface area contributed by atoms with E-state index in [1.165, 1.54) is 28.7 Å². The maximum Gasteiger partial charge on any atom is 0.128 e. The number of benzene rings is 1. The normalized spacial score (nSPS) is 29.2. The Labute approximate surface area is 120 Å². The number of rotatable bonds is 1. The molecule has 3 aliphatic rings. The summed E-state index contributed by atoms with van der Waals surface area (Å²) in [6, 6.07) is 0. The molecule has 1 aromatic rings. The Morgan fingerprint density at radius 1 is 1.00 bits per heavy atom. The van der Waals surface area contributed by atoms with Gasteiger partial charge < -0.3 is 15.2 Å². The molecule has 2 unspecified atom stereocenters. The van der Waals surface area contributed by atoms with E-state index in [9.17, 15) is 0 Å². The van der Waals surface area contributed by atoms with Crippen LogP contribution in [0.25, 0.3) is 0 Å². The van der Waals surface area contributed by atoms with E-state index in [4.69, 9.17) is 15.2 Å². The fraction of sp³-hybridized carbons (Fsp3) is 0.647. The van der Waals surface area contributed by atoms with E-state index in [1.54, 1.807) is 0 Å². The van der Waals surface area contributed by atoms with Gasteiger partial charge >= 0.3 is 0 Å². The molecule has 1 fully saturated rings. The van der Waals surface area contributed by atoms with Gasteiger partial charge in [-0.25, -0.2) is 0 Å². The van der Waals surface area contributed by atoms with Gasteiger partial charge in [0.1, 0.15) is 23.7 Å². The first kappa shape index (κ1) is 12.5. The highest BCUT2D eigenvalue weighted by Gasteiger charge is 2.44. The van der Waals surface area contributed by atoms with Gasteiger partial charge in [-0.2, -0.15) is 0 Å². The van der Waals surface area contributed by atoms with E-state index in [1.807, 2.05) is 0 Å². The lowest BCUT2D eigenvalue weighted by molar-refractivity contribution is 0.218. The van der Waals surface area contributed by atoms with E-state index in [0.29, 0.717) is 0 Å². The van der Waals surface area contributed by atoms with Gasteiger partial charge in [0.2, 0.25) is 0 Å². The molecule has 3 heteroatoms. The third-order valence-electron chi connectivity index (χ3n) is 5.24. The van der Waals surface area contributed by atoms with Crippen molar-refractivity contribution in [1.82, 2.24) is 0 Å². The van der Waals surface area contributed by atoms with E-state index in [-0.39, 0.29) is 17.7 Å². The van der Waals surface area contributed by atoms with Gasteiger partial charge in [0.15, 0.2) is 0 Å². The summed E-state index contributed by atoms with van der Waals surface area (Å²) in [5.74, 6) is 2.19. The maximum absolute atomic E-state index is 6.68. The van der Waals surface area contributed by atoms with Gasteiger partial charge in [-0.05, 0) is 45.6 Å². The van der Waals surface area contributed by atoms with Crippen LogP contribution < -0.4 is 15.2 Å². The van der Waals surface area contributed by atoms with Crippen molar-refractivity contribution in [3.05, 3.63) is 22.3 Å². The van der Waals surface area contributed by atoms with Crippen LogP contribution >= 0.6 is 0 Å². The van der Waals surface area contributed by atoms with Crippen LogP contribution in [0.15, 0.2) is 0 Å². The molecular weight excluding hydrogens is 250 g/mol. The average molecular weight is 273 g/mol. The first-order valence-corrected chi connectivity index (χ1v) is 7.80. The molecule has 1 aromatic carbocycles. The minimum atomic E-state index is -0.181. The highest BCUT2D eigenvalue weighted by atomic mass is 16.5. The number of fused-ring (bicyclic) bond motifs is 2. The van der Waals surface area contributed by atoms with Crippen LogP contribution in [-0.2, 0) is 18.4 Å². The summed E-state index contributed by atoms with van der Waals surface area (Å²) < 4.78 is 12.3. The summed E-state index contributed by atoms with van der Waals surface area (Å²) in [7, 11) is 0.